The predicted octanol–water partition coefficient (Wildman–Crippen LogP) is 4.35. The van der Waals surface area contributed by atoms with Crippen LogP contribution in [0.2, 0.25) is 0 Å². The van der Waals surface area contributed by atoms with Gasteiger partial charge in [-0.05, 0) is 62.3 Å². The van der Waals surface area contributed by atoms with Gasteiger partial charge in [0.1, 0.15) is 17.7 Å². The topological polar surface area (TPSA) is 135 Å². The molecule has 2 bridgehead atoms. The molecule has 11 heteroatoms. The highest BCUT2D eigenvalue weighted by Gasteiger charge is 2.75. The van der Waals surface area contributed by atoms with Crippen LogP contribution < -0.4 is 10.2 Å². The number of hydrogen-bond donors (Lipinski definition) is 2. The first kappa shape index (κ1) is 37.9. The van der Waals surface area contributed by atoms with Crippen molar-refractivity contribution in [2.75, 3.05) is 31.8 Å². The van der Waals surface area contributed by atoms with E-state index in [1.807, 2.05) is 57.2 Å². The van der Waals surface area contributed by atoms with Crippen LogP contribution in [-0.2, 0) is 33.4 Å². The van der Waals surface area contributed by atoms with Crippen LogP contribution in [-0.4, -0.2) is 90.4 Å². The third kappa shape index (κ3) is 7.24. The molecule has 5 rings (SSSR count). The number of nitrogens with zero attached hydrogens (tertiary/aromatic N) is 2. The van der Waals surface area contributed by atoms with E-state index in [0.717, 1.165) is 11.1 Å². The third-order valence-electron chi connectivity index (χ3n) is 10.6. The molecule has 2 aromatic rings. The number of allylic oxidation sites excluding steroid dienone is 1. The number of likely N-dealkylation sites (tertiary alicyclic amines) is 1. The van der Waals surface area contributed by atoms with Gasteiger partial charge in [-0.2, -0.15) is 0 Å². The standard InChI is InChI=1S/C40H51N3O8/c1-7-10-16-32(45)41-29(24-49-6)35(27-14-12-11-13-15-27)50-39(48)33-31-19-20-40(51-31)34(33)37(46)43(28(9-3)23-44)36(40)38(47)42(21-8-2)30-22-25(4)17-18-26(30)5/h7-8,11-15,17-18,22,28-29,31,33-36,44H,1-2,9-10,16,19-21,23-24H2,3-6H3,(H,41,45)/t28-,29+,31+,33-,34-,35+,36+,40-/m0/s1. The van der Waals surface area contributed by atoms with Crippen molar-refractivity contribution < 1.29 is 38.5 Å². The maximum Gasteiger partial charge on any atom is 0.313 e. The Hall–Kier alpha value is -4.32. The number of esters is 1. The number of ether oxygens (including phenoxy) is 3. The Kier molecular flexibility index (Phi) is 12.2. The molecular weight excluding hydrogens is 650 g/mol. The van der Waals surface area contributed by atoms with E-state index >= 15 is 0 Å². The molecule has 3 heterocycles. The van der Waals surface area contributed by atoms with Crippen molar-refractivity contribution in [2.24, 2.45) is 11.8 Å². The van der Waals surface area contributed by atoms with E-state index in [0.29, 0.717) is 36.9 Å². The molecule has 0 aliphatic carbocycles. The highest BCUT2D eigenvalue weighted by molar-refractivity contribution is 6.05. The van der Waals surface area contributed by atoms with Gasteiger partial charge in [0.05, 0.1) is 43.2 Å². The van der Waals surface area contributed by atoms with E-state index in [9.17, 15) is 24.3 Å². The number of methoxy groups -OCH3 is 1. The van der Waals surface area contributed by atoms with Gasteiger partial charge in [0.25, 0.3) is 5.91 Å². The summed E-state index contributed by atoms with van der Waals surface area (Å²) in [5.41, 5.74) is 1.87. The van der Waals surface area contributed by atoms with Crippen LogP contribution in [0.15, 0.2) is 73.8 Å². The molecule has 0 aromatic heterocycles. The normalized spacial score (nSPS) is 25.1. The average Bonchev–Trinajstić information content (AvgIpc) is 3.78. The highest BCUT2D eigenvalue weighted by atomic mass is 16.6. The van der Waals surface area contributed by atoms with Gasteiger partial charge < -0.3 is 34.4 Å². The monoisotopic (exact) mass is 701 g/mol. The second kappa shape index (κ2) is 16.4. The van der Waals surface area contributed by atoms with Gasteiger partial charge in [-0.3, -0.25) is 19.2 Å². The maximum absolute atomic E-state index is 14.9. The highest BCUT2D eigenvalue weighted by Crippen LogP contribution is 2.59. The fourth-order valence-electron chi connectivity index (χ4n) is 8.16. The fraction of sp³-hybridized carbons (Fsp3) is 0.500. The molecule has 3 fully saturated rings. The SMILES string of the molecule is C=CCCC(=O)N[C@H](COC)[C@H](OC(=O)[C@@H]1[C@H]2C(=O)N([C@@H](CC)CO)[C@H](C(=O)N(CC=C)c3cc(C)ccc3C)[C@]23CC[C@H]1O3)c1ccccc1. The number of anilines is 1. The van der Waals surface area contributed by atoms with Gasteiger partial charge in [-0.1, -0.05) is 61.5 Å². The second-order valence-corrected chi connectivity index (χ2v) is 13.8. The van der Waals surface area contributed by atoms with Crippen LogP contribution in [0.5, 0.6) is 0 Å². The van der Waals surface area contributed by atoms with Gasteiger partial charge in [-0.15, -0.1) is 13.2 Å². The zero-order valence-electron chi connectivity index (χ0n) is 30.1. The molecule has 1 spiro atoms. The predicted molar refractivity (Wildman–Crippen MR) is 193 cm³/mol. The molecule has 3 saturated heterocycles. The Balaban J connectivity index is 1.53. The number of fused-ring (bicyclic) bond motifs is 1. The van der Waals surface area contributed by atoms with Crippen molar-refractivity contribution in [3.8, 4) is 0 Å². The van der Waals surface area contributed by atoms with Gasteiger partial charge in [0, 0.05) is 25.8 Å². The fourth-order valence-corrected chi connectivity index (χ4v) is 8.16. The molecule has 8 atom stereocenters. The minimum absolute atomic E-state index is 0.0557. The molecule has 0 radical (unpaired) electrons. The van der Waals surface area contributed by atoms with Crippen LogP contribution in [0.1, 0.15) is 61.8 Å². The second-order valence-electron chi connectivity index (χ2n) is 13.8. The van der Waals surface area contributed by atoms with Crippen LogP contribution in [0.3, 0.4) is 0 Å². The third-order valence-corrected chi connectivity index (χ3v) is 10.6. The lowest BCUT2D eigenvalue weighted by Gasteiger charge is -2.39. The molecule has 51 heavy (non-hydrogen) atoms. The maximum atomic E-state index is 14.9. The smallest absolute Gasteiger partial charge is 0.313 e. The molecule has 2 aromatic carbocycles. The van der Waals surface area contributed by atoms with Crippen molar-refractivity contribution >= 4 is 29.4 Å². The van der Waals surface area contributed by atoms with Crippen molar-refractivity contribution in [3.63, 3.8) is 0 Å². The number of carbonyl (C=O) groups is 4. The summed E-state index contributed by atoms with van der Waals surface area (Å²) in [5.74, 6) is -3.70. The van der Waals surface area contributed by atoms with Crippen molar-refractivity contribution in [1.82, 2.24) is 10.2 Å². The number of aryl methyl sites for hydroxylation is 2. The number of amides is 3. The Morgan fingerprint density at radius 1 is 1.16 bits per heavy atom. The minimum Gasteiger partial charge on any atom is -0.455 e. The van der Waals surface area contributed by atoms with Crippen molar-refractivity contribution in [2.45, 2.75) is 88.8 Å². The van der Waals surface area contributed by atoms with E-state index in [1.54, 1.807) is 29.2 Å². The molecule has 2 N–H and O–H groups in total. The lowest BCUT2D eigenvalue weighted by Crippen LogP contribution is -2.59. The zero-order valence-corrected chi connectivity index (χ0v) is 30.1. The van der Waals surface area contributed by atoms with Crippen LogP contribution in [0, 0.1) is 25.7 Å². The first-order valence-electron chi connectivity index (χ1n) is 17.8. The summed E-state index contributed by atoms with van der Waals surface area (Å²) >= 11 is 0. The molecule has 0 unspecified atom stereocenters. The number of benzene rings is 2. The Labute approximate surface area is 300 Å². The van der Waals surface area contributed by atoms with Crippen LogP contribution in [0.4, 0.5) is 5.69 Å². The summed E-state index contributed by atoms with van der Waals surface area (Å²) in [7, 11) is 1.50. The van der Waals surface area contributed by atoms with Gasteiger partial charge >= 0.3 is 5.97 Å². The first-order chi connectivity index (χ1) is 24.6. The van der Waals surface area contributed by atoms with Crippen LogP contribution >= 0.6 is 0 Å². The Morgan fingerprint density at radius 2 is 1.90 bits per heavy atom. The summed E-state index contributed by atoms with van der Waals surface area (Å²) in [5, 5.41) is 13.5. The zero-order chi connectivity index (χ0) is 36.9. The summed E-state index contributed by atoms with van der Waals surface area (Å²) in [4.78, 5) is 60.1. The molecule has 11 nitrogen and oxygen atoms in total. The van der Waals surface area contributed by atoms with E-state index in [1.165, 1.54) is 12.0 Å². The number of carbonyl (C=O) groups excluding carboxylic acids is 4. The van der Waals surface area contributed by atoms with Crippen LogP contribution in [0.25, 0.3) is 0 Å². The molecule has 3 aliphatic heterocycles. The van der Waals surface area contributed by atoms with E-state index < -0.39 is 59.6 Å². The summed E-state index contributed by atoms with van der Waals surface area (Å²) < 4.78 is 18.5. The Morgan fingerprint density at radius 3 is 2.55 bits per heavy atom. The number of hydrogen-bond acceptors (Lipinski definition) is 8. The number of aliphatic hydroxyl groups excluding tert-OH is 1. The quantitative estimate of drug-likeness (QED) is 0.184. The summed E-state index contributed by atoms with van der Waals surface area (Å²) in [6.45, 7) is 13.2. The number of rotatable bonds is 17. The minimum atomic E-state index is -1.31. The van der Waals surface area contributed by atoms with E-state index in [4.69, 9.17) is 14.2 Å². The lowest BCUT2D eigenvalue weighted by molar-refractivity contribution is -0.163. The molecular formula is C40H51N3O8. The van der Waals surface area contributed by atoms with Gasteiger partial charge in [-0.25, -0.2) is 0 Å². The lowest BCUT2D eigenvalue weighted by atomic mass is 9.70. The van der Waals surface area contributed by atoms with E-state index in [-0.39, 0.29) is 38.0 Å². The summed E-state index contributed by atoms with van der Waals surface area (Å²) in [6.07, 6.45) is 3.59. The van der Waals surface area contributed by atoms with Crippen molar-refractivity contribution in [1.29, 1.82) is 0 Å². The molecule has 274 valence electrons. The average molecular weight is 702 g/mol. The number of aliphatic hydroxyl groups is 1. The van der Waals surface area contributed by atoms with Gasteiger partial charge in [0.2, 0.25) is 11.8 Å². The Bertz CT molecular complexity index is 1610. The van der Waals surface area contributed by atoms with Crippen molar-refractivity contribution in [3.05, 3.63) is 90.5 Å². The summed E-state index contributed by atoms with van der Waals surface area (Å²) in [6, 6.07) is 12.4. The number of nitrogens with one attached hydrogen (secondary N) is 1. The van der Waals surface area contributed by atoms with E-state index in [2.05, 4.69) is 18.5 Å². The molecule has 0 saturated carbocycles. The largest absolute Gasteiger partial charge is 0.455 e. The first-order valence-corrected chi connectivity index (χ1v) is 17.8. The molecule has 3 aliphatic rings. The van der Waals surface area contributed by atoms with Gasteiger partial charge in [0.15, 0.2) is 0 Å². The molecule has 3 amide bonds.